The van der Waals surface area contributed by atoms with Gasteiger partial charge in [-0.25, -0.2) is 34.7 Å². The average molecular weight is 415 g/mol. The number of carbonyl (C=O) groups is 1. The fraction of sp³-hybridized carbons (Fsp3) is 0.417. The number of alkyl halides is 3. The second-order valence-electron chi connectivity index (χ2n) is 4.92. The molecule has 0 aliphatic heterocycles. The van der Waals surface area contributed by atoms with Gasteiger partial charge in [0.1, 0.15) is 0 Å². The first kappa shape index (κ1) is 22.1. The van der Waals surface area contributed by atoms with E-state index in [0.717, 1.165) is 6.92 Å². The molecular weight excluding hydrogens is 406 g/mol. The fourth-order valence-electron chi connectivity index (χ4n) is 1.70. The van der Waals surface area contributed by atoms with E-state index in [-0.39, 0.29) is 0 Å². The maximum Gasteiger partial charge on any atom is 0.472 e. The Balaban J connectivity index is 3.68. The minimum absolute atomic E-state index is 0.809. The van der Waals surface area contributed by atoms with Gasteiger partial charge in [0, 0.05) is 6.54 Å². The highest BCUT2D eigenvalue weighted by atomic mass is 32.2. The van der Waals surface area contributed by atoms with Gasteiger partial charge in [0.15, 0.2) is 28.2 Å². The lowest BCUT2D eigenvalue weighted by Crippen LogP contribution is -2.46. The first-order valence-corrected chi connectivity index (χ1v) is 7.91. The van der Waals surface area contributed by atoms with Crippen LogP contribution in [0.4, 0.5) is 35.1 Å². The summed E-state index contributed by atoms with van der Waals surface area (Å²) in [5.41, 5.74) is 0. The molecule has 0 saturated carbocycles. The molecule has 148 valence electrons. The van der Waals surface area contributed by atoms with Gasteiger partial charge in [0.05, 0.1) is 6.10 Å². The Morgan fingerprint density at radius 1 is 1.00 bits per heavy atom. The molecule has 1 amide bonds. The van der Waals surface area contributed by atoms with Gasteiger partial charge in [-0.3, -0.25) is 4.79 Å². The van der Waals surface area contributed by atoms with Crippen LogP contribution in [0.25, 0.3) is 0 Å². The third kappa shape index (κ3) is 4.06. The van der Waals surface area contributed by atoms with Crippen LogP contribution in [0, 0.1) is 29.1 Å². The number of carbonyl (C=O) groups excluding carboxylic acids is 1. The SMILES string of the molecule is CC(O)CCN(C(=O)C(F)(F)F)S(=O)(=O)c1c(F)c(F)c(F)c(F)c1F. The van der Waals surface area contributed by atoms with Crippen LogP contribution < -0.4 is 0 Å². The molecule has 0 fully saturated rings. The van der Waals surface area contributed by atoms with Crippen molar-refractivity contribution < 1.29 is 53.4 Å². The minimum Gasteiger partial charge on any atom is -0.393 e. The van der Waals surface area contributed by atoms with Crippen molar-refractivity contribution in [3.8, 4) is 0 Å². The van der Waals surface area contributed by atoms with Crippen molar-refractivity contribution >= 4 is 15.9 Å². The zero-order valence-electron chi connectivity index (χ0n) is 12.5. The molecule has 0 heterocycles. The van der Waals surface area contributed by atoms with Crippen molar-refractivity contribution in [3.05, 3.63) is 29.1 Å². The Labute approximate surface area is 140 Å². The van der Waals surface area contributed by atoms with E-state index in [9.17, 15) is 48.3 Å². The molecule has 1 atom stereocenters. The van der Waals surface area contributed by atoms with Crippen LogP contribution >= 0.6 is 0 Å². The first-order valence-electron chi connectivity index (χ1n) is 6.47. The van der Waals surface area contributed by atoms with E-state index in [0.29, 0.717) is 0 Å². The van der Waals surface area contributed by atoms with E-state index in [1.54, 1.807) is 0 Å². The van der Waals surface area contributed by atoms with E-state index in [1.807, 2.05) is 0 Å². The van der Waals surface area contributed by atoms with Crippen LogP contribution in [0.2, 0.25) is 0 Å². The van der Waals surface area contributed by atoms with Crippen LogP contribution in [-0.2, 0) is 14.8 Å². The van der Waals surface area contributed by atoms with Crippen molar-refractivity contribution in [2.24, 2.45) is 0 Å². The number of hydrogen-bond donors (Lipinski definition) is 1. The van der Waals surface area contributed by atoms with Crippen LogP contribution in [0.3, 0.4) is 0 Å². The summed E-state index contributed by atoms with van der Waals surface area (Å²) in [6, 6.07) is 0. The van der Waals surface area contributed by atoms with Crippen molar-refractivity contribution in [3.63, 3.8) is 0 Å². The first-order chi connectivity index (χ1) is 11.6. The summed E-state index contributed by atoms with van der Waals surface area (Å²) >= 11 is 0. The number of benzene rings is 1. The molecular formula is C12H9F8NO4S. The predicted molar refractivity (Wildman–Crippen MR) is 67.5 cm³/mol. The summed E-state index contributed by atoms with van der Waals surface area (Å²) in [4.78, 5) is 8.68. The number of aliphatic hydroxyl groups excluding tert-OH is 1. The number of halogens is 8. The number of amides is 1. The van der Waals surface area contributed by atoms with Gasteiger partial charge in [-0.1, -0.05) is 0 Å². The van der Waals surface area contributed by atoms with Gasteiger partial charge in [0.2, 0.25) is 5.82 Å². The van der Waals surface area contributed by atoms with Crippen molar-refractivity contribution in [1.82, 2.24) is 4.31 Å². The number of aliphatic hydroxyl groups is 1. The van der Waals surface area contributed by atoms with Gasteiger partial charge in [-0.15, -0.1) is 0 Å². The number of sulfonamides is 1. The summed E-state index contributed by atoms with van der Waals surface area (Å²) < 4.78 is 127. The topological polar surface area (TPSA) is 74.7 Å². The molecule has 1 rings (SSSR count). The average Bonchev–Trinajstić information content (AvgIpc) is 2.49. The second kappa shape index (κ2) is 7.34. The van der Waals surface area contributed by atoms with E-state index in [2.05, 4.69) is 0 Å². The second-order valence-corrected chi connectivity index (χ2v) is 6.72. The molecule has 1 aromatic carbocycles. The summed E-state index contributed by atoms with van der Waals surface area (Å²) in [6.07, 6.45) is -8.11. The molecule has 14 heteroatoms. The Morgan fingerprint density at radius 3 is 1.73 bits per heavy atom. The summed E-state index contributed by atoms with van der Waals surface area (Å²) in [5.74, 6) is -17.2. The molecule has 1 aromatic rings. The zero-order valence-corrected chi connectivity index (χ0v) is 13.4. The summed E-state index contributed by atoms with van der Waals surface area (Å²) in [5, 5.41) is 9.02. The van der Waals surface area contributed by atoms with E-state index < -0.39 is 79.5 Å². The van der Waals surface area contributed by atoms with Gasteiger partial charge >= 0.3 is 12.1 Å². The minimum atomic E-state index is -6.15. The summed E-state index contributed by atoms with van der Waals surface area (Å²) in [6.45, 7) is -0.445. The lowest BCUT2D eigenvalue weighted by atomic mass is 10.3. The van der Waals surface area contributed by atoms with Crippen molar-refractivity contribution in [1.29, 1.82) is 0 Å². The van der Waals surface area contributed by atoms with E-state index in [1.165, 1.54) is 0 Å². The normalized spacial score (nSPS) is 13.6. The Bertz CT molecular complexity index is 792. The molecule has 0 spiro atoms. The van der Waals surface area contributed by atoms with Gasteiger partial charge in [-0.05, 0) is 13.3 Å². The third-order valence-corrected chi connectivity index (χ3v) is 4.74. The molecule has 1 unspecified atom stereocenters. The maximum absolute atomic E-state index is 13.6. The number of nitrogens with zero attached hydrogens (tertiary/aromatic N) is 1. The molecule has 0 bridgehead atoms. The van der Waals surface area contributed by atoms with Crippen LogP contribution in [-0.4, -0.2) is 42.6 Å². The Morgan fingerprint density at radius 2 is 1.38 bits per heavy atom. The Kier molecular flexibility index (Phi) is 6.24. The van der Waals surface area contributed by atoms with Crippen LogP contribution in [0.15, 0.2) is 4.90 Å². The zero-order chi connectivity index (χ0) is 20.6. The maximum atomic E-state index is 13.6. The number of rotatable bonds is 5. The molecule has 0 aliphatic carbocycles. The largest absolute Gasteiger partial charge is 0.472 e. The van der Waals surface area contributed by atoms with Gasteiger partial charge < -0.3 is 5.11 Å². The molecule has 5 nitrogen and oxygen atoms in total. The fourth-order valence-corrected chi connectivity index (χ4v) is 3.22. The Hall–Kier alpha value is -1.96. The van der Waals surface area contributed by atoms with Gasteiger partial charge in [0.25, 0.3) is 10.0 Å². The molecule has 0 radical (unpaired) electrons. The highest BCUT2D eigenvalue weighted by Crippen LogP contribution is 2.31. The highest BCUT2D eigenvalue weighted by Gasteiger charge is 2.49. The van der Waals surface area contributed by atoms with Gasteiger partial charge in [-0.2, -0.15) is 13.2 Å². The number of hydrogen-bond acceptors (Lipinski definition) is 4. The highest BCUT2D eigenvalue weighted by molar-refractivity contribution is 7.89. The smallest absolute Gasteiger partial charge is 0.393 e. The lowest BCUT2D eigenvalue weighted by Gasteiger charge is -2.24. The van der Waals surface area contributed by atoms with E-state index >= 15 is 0 Å². The quantitative estimate of drug-likeness (QED) is 0.455. The van der Waals surface area contributed by atoms with Crippen LogP contribution in [0.5, 0.6) is 0 Å². The molecule has 0 saturated heterocycles. The molecule has 1 N–H and O–H groups in total. The monoisotopic (exact) mass is 415 g/mol. The molecule has 26 heavy (non-hydrogen) atoms. The van der Waals surface area contributed by atoms with Crippen molar-refractivity contribution in [2.75, 3.05) is 6.54 Å². The predicted octanol–water partition coefficient (Wildman–Crippen LogP) is 2.23. The van der Waals surface area contributed by atoms with E-state index in [4.69, 9.17) is 5.11 Å². The molecule has 0 aliphatic rings. The lowest BCUT2D eigenvalue weighted by molar-refractivity contribution is -0.180. The van der Waals surface area contributed by atoms with Crippen molar-refractivity contribution in [2.45, 2.75) is 30.5 Å². The molecule has 0 aromatic heterocycles. The van der Waals surface area contributed by atoms with Crippen LogP contribution in [0.1, 0.15) is 13.3 Å². The summed E-state index contributed by atoms with van der Waals surface area (Å²) in [7, 11) is -6.15. The standard InChI is InChI=1S/C12H9F8NO4S/c1-4(22)2-3-21(11(23)12(18,19)20)26(24,25)10-8(16)6(14)5(13)7(15)9(10)17/h4,22H,2-3H2,1H3. The third-order valence-electron chi connectivity index (χ3n) is 2.94.